The van der Waals surface area contributed by atoms with Gasteiger partial charge < -0.3 is 15.8 Å². The first kappa shape index (κ1) is 14.9. The van der Waals surface area contributed by atoms with Crippen LogP contribution in [-0.4, -0.2) is 48.2 Å². The summed E-state index contributed by atoms with van der Waals surface area (Å²) in [6, 6.07) is 6.07. The first-order valence-electron chi connectivity index (χ1n) is 6.79. The third-order valence-electron chi connectivity index (χ3n) is 3.74. The second-order valence-corrected chi connectivity index (χ2v) is 5.68. The lowest BCUT2D eigenvalue weighted by atomic mass is 10.1. The van der Waals surface area contributed by atoms with E-state index >= 15 is 0 Å². The molecular formula is C14H21ClN4O. The van der Waals surface area contributed by atoms with Crippen LogP contribution in [0.25, 0.3) is 0 Å². The minimum absolute atomic E-state index is 0.0723. The Morgan fingerprint density at radius 3 is 2.45 bits per heavy atom. The van der Waals surface area contributed by atoms with Crippen molar-refractivity contribution in [2.75, 3.05) is 31.1 Å². The van der Waals surface area contributed by atoms with Gasteiger partial charge in [0.1, 0.15) is 0 Å². The van der Waals surface area contributed by atoms with Crippen molar-refractivity contribution in [3.63, 3.8) is 0 Å². The van der Waals surface area contributed by atoms with Gasteiger partial charge in [0.15, 0.2) is 5.84 Å². The van der Waals surface area contributed by atoms with Gasteiger partial charge in [0.25, 0.3) is 0 Å². The maximum absolute atomic E-state index is 8.68. The normalized spacial score (nSPS) is 17.8. The summed E-state index contributed by atoms with van der Waals surface area (Å²) >= 11 is 6.32. The van der Waals surface area contributed by atoms with Gasteiger partial charge in [-0.1, -0.05) is 16.8 Å². The fourth-order valence-electron chi connectivity index (χ4n) is 2.46. The zero-order valence-electron chi connectivity index (χ0n) is 11.9. The SMILES string of the molecule is CC(C)N1CCN(c2ccc(C(N)=NO)cc2Cl)CC1. The van der Waals surface area contributed by atoms with E-state index in [9.17, 15) is 0 Å². The number of piperazine rings is 1. The van der Waals surface area contributed by atoms with Gasteiger partial charge in [-0.2, -0.15) is 0 Å². The molecule has 0 atom stereocenters. The van der Waals surface area contributed by atoms with Crippen LogP contribution in [0.15, 0.2) is 23.4 Å². The molecule has 6 heteroatoms. The maximum atomic E-state index is 8.68. The second-order valence-electron chi connectivity index (χ2n) is 5.27. The van der Waals surface area contributed by atoms with E-state index in [1.54, 1.807) is 6.07 Å². The number of hydrogen-bond donors (Lipinski definition) is 2. The summed E-state index contributed by atoms with van der Waals surface area (Å²) < 4.78 is 0. The van der Waals surface area contributed by atoms with Crippen LogP contribution >= 0.6 is 11.6 Å². The Bertz CT molecular complexity index is 496. The molecule has 0 amide bonds. The summed E-state index contributed by atoms with van der Waals surface area (Å²) in [7, 11) is 0. The van der Waals surface area contributed by atoms with E-state index in [0.29, 0.717) is 16.6 Å². The number of amidine groups is 1. The van der Waals surface area contributed by atoms with Gasteiger partial charge >= 0.3 is 0 Å². The Kier molecular flexibility index (Phi) is 4.73. The molecule has 1 aliphatic heterocycles. The van der Waals surface area contributed by atoms with E-state index in [-0.39, 0.29) is 5.84 Å². The number of anilines is 1. The van der Waals surface area contributed by atoms with E-state index in [4.69, 9.17) is 22.5 Å². The van der Waals surface area contributed by atoms with Crippen molar-refractivity contribution in [2.45, 2.75) is 19.9 Å². The van der Waals surface area contributed by atoms with Crippen molar-refractivity contribution in [1.82, 2.24) is 4.90 Å². The highest BCUT2D eigenvalue weighted by atomic mass is 35.5. The first-order chi connectivity index (χ1) is 9.52. The van der Waals surface area contributed by atoms with Gasteiger partial charge in [0, 0.05) is 37.8 Å². The van der Waals surface area contributed by atoms with E-state index in [1.807, 2.05) is 12.1 Å². The van der Waals surface area contributed by atoms with Gasteiger partial charge in [-0.05, 0) is 32.0 Å². The molecule has 0 saturated carbocycles. The largest absolute Gasteiger partial charge is 0.409 e. The lowest BCUT2D eigenvalue weighted by molar-refractivity contribution is 0.209. The summed E-state index contributed by atoms with van der Waals surface area (Å²) in [6.45, 7) is 8.43. The number of nitrogens with zero attached hydrogens (tertiary/aromatic N) is 3. The Morgan fingerprint density at radius 1 is 1.30 bits per heavy atom. The van der Waals surface area contributed by atoms with Crippen LogP contribution in [0.5, 0.6) is 0 Å². The quantitative estimate of drug-likeness (QED) is 0.387. The molecule has 0 aliphatic carbocycles. The van der Waals surface area contributed by atoms with E-state index in [2.05, 4.69) is 28.8 Å². The highest BCUT2D eigenvalue weighted by Crippen LogP contribution is 2.28. The molecule has 1 aliphatic rings. The maximum Gasteiger partial charge on any atom is 0.170 e. The van der Waals surface area contributed by atoms with Gasteiger partial charge in [-0.25, -0.2) is 0 Å². The van der Waals surface area contributed by atoms with Crippen molar-refractivity contribution in [1.29, 1.82) is 0 Å². The van der Waals surface area contributed by atoms with Crippen LogP contribution in [-0.2, 0) is 0 Å². The minimum Gasteiger partial charge on any atom is -0.409 e. The lowest BCUT2D eigenvalue weighted by Crippen LogP contribution is -2.49. The number of benzene rings is 1. The molecule has 1 heterocycles. The average Bonchev–Trinajstić information content (AvgIpc) is 2.46. The molecule has 1 aromatic carbocycles. The summed E-state index contributed by atoms with van der Waals surface area (Å²) in [4.78, 5) is 4.73. The smallest absolute Gasteiger partial charge is 0.170 e. The molecule has 1 saturated heterocycles. The van der Waals surface area contributed by atoms with Crippen LogP contribution in [0.1, 0.15) is 19.4 Å². The fraction of sp³-hybridized carbons (Fsp3) is 0.500. The molecule has 1 fully saturated rings. The van der Waals surface area contributed by atoms with E-state index < -0.39 is 0 Å². The van der Waals surface area contributed by atoms with Gasteiger partial charge in [-0.15, -0.1) is 0 Å². The Morgan fingerprint density at radius 2 is 1.95 bits per heavy atom. The summed E-state index contributed by atoms with van der Waals surface area (Å²) in [5.74, 6) is 0.0723. The Hall–Kier alpha value is -1.46. The van der Waals surface area contributed by atoms with E-state index in [1.165, 1.54) is 0 Å². The summed E-state index contributed by atoms with van der Waals surface area (Å²) in [6.07, 6.45) is 0. The molecule has 5 nitrogen and oxygen atoms in total. The number of oxime groups is 1. The molecule has 0 unspecified atom stereocenters. The van der Waals surface area contributed by atoms with Crippen LogP contribution in [0.4, 0.5) is 5.69 Å². The van der Waals surface area contributed by atoms with Crippen molar-refractivity contribution >= 4 is 23.1 Å². The number of nitrogens with two attached hydrogens (primary N) is 1. The topological polar surface area (TPSA) is 65.1 Å². The minimum atomic E-state index is 0.0723. The average molecular weight is 297 g/mol. The third kappa shape index (κ3) is 3.16. The number of hydrogen-bond acceptors (Lipinski definition) is 4. The Balaban J connectivity index is 2.11. The van der Waals surface area contributed by atoms with Crippen molar-refractivity contribution in [3.05, 3.63) is 28.8 Å². The monoisotopic (exact) mass is 296 g/mol. The lowest BCUT2D eigenvalue weighted by Gasteiger charge is -2.38. The summed E-state index contributed by atoms with van der Waals surface area (Å²) in [5.41, 5.74) is 7.20. The van der Waals surface area contributed by atoms with Crippen molar-refractivity contribution in [3.8, 4) is 0 Å². The Labute approximate surface area is 124 Å². The van der Waals surface area contributed by atoms with Gasteiger partial charge in [0.2, 0.25) is 0 Å². The first-order valence-corrected chi connectivity index (χ1v) is 7.17. The predicted octanol–water partition coefficient (Wildman–Crippen LogP) is 1.96. The number of rotatable bonds is 3. The van der Waals surface area contributed by atoms with E-state index in [0.717, 1.165) is 31.9 Å². The molecule has 0 bridgehead atoms. The standard InChI is InChI=1S/C14H21ClN4O/c1-10(2)18-5-7-19(8-6-18)13-4-3-11(9-12(13)15)14(16)17-20/h3-4,9-10,20H,5-8H2,1-2H3,(H2,16,17). The molecule has 20 heavy (non-hydrogen) atoms. The summed E-state index contributed by atoms with van der Waals surface area (Å²) in [5, 5.41) is 12.3. The van der Waals surface area contributed by atoms with Crippen molar-refractivity contribution < 1.29 is 5.21 Å². The van der Waals surface area contributed by atoms with Gasteiger partial charge in [0.05, 0.1) is 10.7 Å². The van der Waals surface area contributed by atoms with Crippen LogP contribution in [0, 0.1) is 0 Å². The predicted molar refractivity (Wildman–Crippen MR) is 82.9 cm³/mol. The van der Waals surface area contributed by atoms with Crippen LogP contribution in [0.2, 0.25) is 5.02 Å². The molecule has 1 aromatic rings. The highest BCUT2D eigenvalue weighted by molar-refractivity contribution is 6.33. The van der Waals surface area contributed by atoms with Crippen LogP contribution in [0.3, 0.4) is 0 Å². The molecule has 0 spiro atoms. The molecule has 0 radical (unpaired) electrons. The molecule has 3 N–H and O–H groups in total. The van der Waals surface area contributed by atoms with Gasteiger partial charge in [-0.3, -0.25) is 4.90 Å². The van der Waals surface area contributed by atoms with Crippen molar-refractivity contribution in [2.24, 2.45) is 10.9 Å². The van der Waals surface area contributed by atoms with Crippen LogP contribution < -0.4 is 10.6 Å². The molecule has 110 valence electrons. The third-order valence-corrected chi connectivity index (χ3v) is 4.04. The molecular weight excluding hydrogens is 276 g/mol. The molecule has 2 rings (SSSR count). The molecule has 0 aromatic heterocycles. The number of halogens is 1. The zero-order valence-corrected chi connectivity index (χ0v) is 12.6. The fourth-order valence-corrected chi connectivity index (χ4v) is 2.76. The highest BCUT2D eigenvalue weighted by Gasteiger charge is 2.20. The second kappa shape index (κ2) is 6.33. The zero-order chi connectivity index (χ0) is 14.7.